The highest BCUT2D eigenvalue weighted by atomic mass is 32.1. The minimum atomic E-state index is -0.195. The van der Waals surface area contributed by atoms with Gasteiger partial charge in [0.15, 0.2) is 0 Å². The first-order chi connectivity index (χ1) is 13.2. The van der Waals surface area contributed by atoms with E-state index in [-0.39, 0.29) is 18.4 Å². The Bertz CT molecular complexity index is 931. The van der Waals surface area contributed by atoms with Gasteiger partial charge < -0.3 is 16.0 Å². The molecule has 0 aliphatic heterocycles. The van der Waals surface area contributed by atoms with Gasteiger partial charge in [-0.2, -0.15) is 0 Å². The Morgan fingerprint density at radius 2 is 1.78 bits per heavy atom. The lowest BCUT2D eigenvalue weighted by atomic mass is 10.2. The maximum Gasteiger partial charge on any atom is 0.319 e. The molecule has 0 radical (unpaired) electrons. The zero-order valence-corrected chi connectivity index (χ0v) is 16.0. The molecule has 0 atom stereocenters. The minimum Gasteiger partial charge on any atom is -0.335 e. The molecule has 0 unspecified atom stereocenters. The van der Waals surface area contributed by atoms with Crippen LogP contribution in [0.2, 0.25) is 0 Å². The Morgan fingerprint density at radius 3 is 2.44 bits per heavy atom. The molecule has 4 rings (SSSR count). The number of nitrogens with one attached hydrogen (secondary N) is 3. The summed E-state index contributed by atoms with van der Waals surface area (Å²) in [7, 11) is 0. The summed E-state index contributed by atoms with van der Waals surface area (Å²) >= 11 is 3.18. The molecule has 27 heavy (non-hydrogen) atoms. The van der Waals surface area contributed by atoms with Gasteiger partial charge in [-0.15, -0.1) is 22.7 Å². The number of amides is 3. The van der Waals surface area contributed by atoms with Crippen molar-refractivity contribution in [2.24, 2.45) is 0 Å². The van der Waals surface area contributed by atoms with E-state index in [1.54, 1.807) is 46.9 Å². The standard InChI is InChI=1S/C19H18N4O2S2/c24-17(10-15-11-27-18(21-15)16-2-1-9-26-16)20-12-3-5-13(6-4-12)22-19(25)23-14-7-8-14/h1-6,9,11,14H,7-8,10H2,(H,20,24)(H2,22,23,25). The van der Waals surface area contributed by atoms with Crippen molar-refractivity contribution in [3.63, 3.8) is 0 Å². The van der Waals surface area contributed by atoms with Gasteiger partial charge in [-0.1, -0.05) is 6.07 Å². The van der Waals surface area contributed by atoms with E-state index in [9.17, 15) is 9.59 Å². The Hall–Kier alpha value is -2.71. The third-order valence-electron chi connectivity index (χ3n) is 3.96. The van der Waals surface area contributed by atoms with Crippen LogP contribution in [0.3, 0.4) is 0 Å². The van der Waals surface area contributed by atoms with Crippen LogP contribution >= 0.6 is 22.7 Å². The number of aromatic nitrogens is 1. The van der Waals surface area contributed by atoms with Crippen LogP contribution in [0.5, 0.6) is 0 Å². The van der Waals surface area contributed by atoms with Gasteiger partial charge in [0.25, 0.3) is 0 Å². The van der Waals surface area contributed by atoms with Crippen LogP contribution < -0.4 is 16.0 Å². The fourth-order valence-electron chi connectivity index (χ4n) is 2.49. The Balaban J connectivity index is 1.29. The quantitative estimate of drug-likeness (QED) is 0.578. The van der Waals surface area contributed by atoms with Crippen LogP contribution in [0.1, 0.15) is 18.5 Å². The topological polar surface area (TPSA) is 83.1 Å². The lowest BCUT2D eigenvalue weighted by Gasteiger charge is -2.08. The van der Waals surface area contributed by atoms with Gasteiger partial charge in [-0.25, -0.2) is 9.78 Å². The zero-order chi connectivity index (χ0) is 18.6. The smallest absolute Gasteiger partial charge is 0.319 e. The van der Waals surface area contributed by atoms with Crippen molar-refractivity contribution in [1.29, 1.82) is 0 Å². The van der Waals surface area contributed by atoms with Crippen LogP contribution in [-0.2, 0) is 11.2 Å². The largest absolute Gasteiger partial charge is 0.335 e. The zero-order valence-electron chi connectivity index (χ0n) is 14.4. The Labute approximate surface area is 164 Å². The van der Waals surface area contributed by atoms with Crippen molar-refractivity contribution in [1.82, 2.24) is 10.3 Å². The first-order valence-corrected chi connectivity index (χ1v) is 10.4. The SMILES string of the molecule is O=C(Cc1csc(-c2cccs2)n1)Nc1ccc(NC(=O)NC2CC2)cc1. The molecule has 2 aromatic heterocycles. The first kappa shape index (κ1) is 17.7. The molecule has 1 aromatic carbocycles. The number of nitrogens with zero attached hydrogens (tertiary/aromatic N) is 1. The highest BCUT2D eigenvalue weighted by molar-refractivity contribution is 7.20. The lowest BCUT2D eigenvalue weighted by molar-refractivity contribution is -0.115. The number of rotatable bonds is 6. The predicted molar refractivity (Wildman–Crippen MR) is 109 cm³/mol. The van der Waals surface area contributed by atoms with Crippen molar-refractivity contribution in [3.05, 3.63) is 52.9 Å². The number of carbonyl (C=O) groups excluding carboxylic acids is 2. The van der Waals surface area contributed by atoms with Crippen LogP contribution in [0.25, 0.3) is 9.88 Å². The van der Waals surface area contributed by atoms with Crippen LogP contribution in [-0.4, -0.2) is 23.0 Å². The molecule has 3 aromatic rings. The van der Waals surface area contributed by atoms with Gasteiger partial charge in [0.05, 0.1) is 17.0 Å². The van der Waals surface area contributed by atoms with Gasteiger partial charge in [-0.05, 0) is 48.6 Å². The summed E-state index contributed by atoms with van der Waals surface area (Å²) in [6.07, 6.45) is 2.32. The number of thiazole rings is 1. The van der Waals surface area contributed by atoms with E-state index in [1.165, 1.54) is 0 Å². The highest BCUT2D eigenvalue weighted by Gasteiger charge is 2.23. The second-order valence-corrected chi connectivity index (χ2v) is 8.10. The average molecular weight is 399 g/mol. The van der Waals surface area contributed by atoms with E-state index in [2.05, 4.69) is 20.9 Å². The van der Waals surface area contributed by atoms with Crippen molar-refractivity contribution >= 4 is 46.0 Å². The lowest BCUT2D eigenvalue weighted by Crippen LogP contribution is -2.30. The van der Waals surface area contributed by atoms with E-state index in [1.807, 2.05) is 22.9 Å². The van der Waals surface area contributed by atoms with E-state index in [4.69, 9.17) is 0 Å². The monoisotopic (exact) mass is 398 g/mol. The molecule has 8 heteroatoms. The van der Waals surface area contributed by atoms with Gasteiger partial charge in [0.2, 0.25) is 5.91 Å². The number of hydrogen-bond donors (Lipinski definition) is 3. The second-order valence-electron chi connectivity index (χ2n) is 6.30. The molecule has 1 fully saturated rings. The highest BCUT2D eigenvalue weighted by Crippen LogP contribution is 2.28. The summed E-state index contributed by atoms with van der Waals surface area (Å²) in [6, 6.07) is 11.2. The van der Waals surface area contributed by atoms with Gasteiger partial charge in [0.1, 0.15) is 5.01 Å². The van der Waals surface area contributed by atoms with Crippen LogP contribution in [0.4, 0.5) is 16.2 Å². The number of carbonyl (C=O) groups is 2. The van der Waals surface area contributed by atoms with Crippen LogP contribution in [0, 0.1) is 0 Å². The molecule has 6 nitrogen and oxygen atoms in total. The van der Waals surface area contributed by atoms with Crippen molar-refractivity contribution in [2.45, 2.75) is 25.3 Å². The summed E-state index contributed by atoms with van der Waals surface area (Å²) in [5.41, 5.74) is 2.13. The number of thiophene rings is 1. The van der Waals surface area contributed by atoms with E-state index in [0.717, 1.165) is 28.4 Å². The van der Waals surface area contributed by atoms with Gasteiger partial charge >= 0.3 is 6.03 Å². The molecule has 2 heterocycles. The molecule has 1 aliphatic rings. The van der Waals surface area contributed by atoms with Gasteiger partial charge in [0, 0.05) is 22.8 Å². The molecule has 3 amide bonds. The maximum atomic E-state index is 12.2. The molecular formula is C19H18N4O2S2. The van der Waals surface area contributed by atoms with Crippen molar-refractivity contribution < 1.29 is 9.59 Å². The molecule has 0 saturated heterocycles. The Kier molecular flexibility index (Phi) is 5.17. The first-order valence-electron chi connectivity index (χ1n) is 8.61. The third-order valence-corrected chi connectivity index (χ3v) is 5.89. The van der Waals surface area contributed by atoms with Crippen molar-refractivity contribution in [2.75, 3.05) is 10.6 Å². The molecular weight excluding hydrogens is 380 g/mol. The summed E-state index contributed by atoms with van der Waals surface area (Å²) in [5.74, 6) is -0.120. The van der Waals surface area contributed by atoms with Gasteiger partial charge in [-0.3, -0.25) is 4.79 Å². The number of hydrogen-bond acceptors (Lipinski definition) is 5. The maximum absolute atomic E-state index is 12.2. The van der Waals surface area contributed by atoms with Crippen molar-refractivity contribution in [3.8, 4) is 9.88 Å². The molecule has 0 bridgehead atoms. The summed E-state index contributed by atoms with van der Waals surface area (Å²) in [5, 5.41) is 13.4. The van der Waals surface area contributed by atoms with Crippen LogP contribution in [0.15, 0.2) is 47.2 Å². The van der Waals surface area contributed by atoms with E-state index in [0.29, 0.717) is 17.4 Å². The van der Waals surface area contributed by atoms with E-state index < -0.39 is 0 Å². The average Bonchev–Trinajstić information content (AvgIpc) is 3.11. The molecule has 3 N–H and O–H groups in total. The minimum absolute atomic E-state index is 0.120. The molecule has 1 aliphatic carbocycles. The summed E-state index contributed by atoms with van der Waals surface area (Å²) in [6.45, 7) is 0. The Morgan fingerprint density at radius 1 is 1.04 bits per heavy atom. The second kappa shape index (κ2) is 7.89. The number of anilines is 2. The normalized spacial score (nSPS) is 13.2. The molecule has 0 spiro atoms. The van der Waals surface area contributed by atoms with E-state index >= 15 is 0 Å². The number of urea groups is 1. The summed E-state index contributed by atoms with van der Waals surface area (Å²) in [4.78, 5) is 29.6. The summed E-state index contributed by atoms with van der Waals surface area (Å²) < 4.78 is 0. The molecule has 1 saturated carbocycles. The number of benzene rings is 1. The fourth-order valence-corrected chi connectivity index (χ4v) is 4.12. The third kappa shape index (κ3) is 4.93. The fraction of sp³-hybridized carbons (Fsp3) is 0.211. The molecule has 138 valence electrons. The predicted octanol–water partition coefficient (Wildman–Crippen LogP) is 4.34.